The molecular formula is C17H17BrN2O4. The molecule has 126 valence electrons. The molecule has 6 nitrogen and oxygen atoms in total. The molecule has 0 fully saturated rings. The van der Waals surface area contributed by atoms with Crippen LogP contribution in [0, 0.1) is 17.0 Å². The van der Waals surface area contributed by atoms with Gasteiger partial charge in [0.2, 0.25) is 0 Å². The molecule has 7 heteroatoms. The van der Waals surface area contributed by atoms with Crippen LogP contribution < -0.4 is 10.1 Å². The Hall–Kier alpha value is -2.41. The Kier molecular flexibility index (Phi) is 5.92. The number of rotatable bonds is 6. The van der Waals surface area contributed by atoms with Gasteiger partial charge in [0.1, 0.15) is 0 Å². The normalized spacial score (nSPS) is 11.6. The summed E-state index contributed by atoms with van der Waals surface area (Å²) in [5.41, 5.74) is 1.61. The topological polar surface area (TPSA) is 81.5 Å². The fourth-order valence-electron chi connectivity index (χ4n) is 2.15. The van der Waals surface area contributed by atoms with Gasteiger partial charge in [0, 0.05) is 10.5 Å². The summed E-state index contributed by atoms with van der Waals surface area (Å²) in [4.78, 5) is 22.5. The van der Waals surface area contributed by atoms with Gasteiger partial charge in [-0.25, -0.2) is 0 Å². The number of hydrogen-bond donors (Lipinski definition) is 1. The van der Waals surface area contributed by atoms with E-state index in [1.54, 1.807) is 19.1 Å². The first-order chi connectivity index (χ1) is 11.4. The lowest BCUT2D eigenvalue weighted by atomic mass is 10.1. The van der Waals surface area contributed by atoms with Crippen LogP contribution in [0.4, 0.5) is 5.69 Å². The second kappa shape index (κ2) is 7.92. The summed E-state index contributed by atoms with van der Waals surface area (Å²) in [5, 5.41) is 13.8. The third-order valence-corrected chi connectivity index (χ3v) is 3.95. The van der Waals surface area contributed by atoms with Gasteiger partial charge in [-0.1, -0.05) is 34.1 Å². The summed E-state index contributed by atoms with van der Waals surface area (Å²) in [5.74, 6) is -0.257. The SMILES string of the molecule is Cc1ccc([N+](=O)[O-])c(OCC(=O)NC(C)c2ccc(Br)cc2)c1. The van der Waals surface area contributed by atoms with Crippen LogP contribution in [0.1, 0.15) is 24.1 Å². The van der Waals surface area contributed by atoms with Gasteiger partial charge in [0.05, 0.1) is 11.0 Å². The number of aryl methyl sites for hydroxylation is 1. The minimum Gasteiger partial charge on any atom is -0.477 e. The van der Waals surface area contributed by atoms with Gasteiger partial charge in [-0.05, 0) is 43.2 Å². The Morgan fingerprint density at radius 1 is 1.29 bits per heavy atom. The van der Waals surface area contributed by atoms with Crippen LogP contribution in [-0.2, 0) is 4.79 Å². The third-order valence-electron chi connectivity index (χ3n) is 3.42. The zero-order valence-corrected chi connectivity index (χ0v) is 14.9. The van der Waals surface area contributed by atoms with E-state index in [0.29, 0.717) is 0 Å². The number of amides is 1. The van der Waals surface area contributed by atoms with Crippen molar-refractivity contribution in [2.45, 2.75) is 19.9 Å². The number of nitrogens with one attached hydrogen (secondary N) is 1. The fourth-order valence-corrected chi connectivity index (χ4v) is 2.41. The number of nitro groups is 1. The van der Waals surface area contributed by atoms with Crippen LogP contribution in [0.2, 0.25) is 0 Å². The number of hydrogen-bond acceptors (Lipinski definition) is 4. The average Bonchev–Trinajstić information content (AvgIpc) is 2.53. The van der Waals surface area contributed by atoms with Gasteiger partial charge in [0.25, 0.3) is 5.91 Å². The van der Waals surface area contributed by atoms with E-state index >= 15 is 0 Å². The highest BCUT2D eigenvalue weighted by atomic mass is 79.9. The number of carbonyl (C=O) groups is 1. The first kappa shape index (κ1) is 17.9. The highest BCUT2D eigenvalue weighted by Crippen LogP contribution is 2.27. The Bertz CT molecular complexity index is 747. The molecule has 1 atom stereocenters. The van der Waals surface area contributed by atoms with Crippen molar-refractivity contribution in [1.82, 2.24) is 5.32 Å². The largest absolute Gasteiger partial charge is 0.477 e. The second-order valence-corrected chi connectivity index (χ2v) is 6.27. The van der Waals surface area contributed by atoms with Gasteiger partial charge in [-0.2, -0.15) is 0 Å². The molecule has 1 amide bonds. The highest BCUT2D eigenvalue weighted by Gasteiger charge is 2.17. The lowest BCUT2D eigenvalue weighted by molar-refractivity contribution is -0.385. The lowest BCUT2D eigenvalue weighted by Gasteiger charge is -2.15. The van der Waals surface area contributed by atoms with Crippen molar-refractivity contribution in [2.75, 3.05) is 6.61 Å². The number of benzene rings is 2. The standard InChI is InChI=1S/C17H17BrN2O4/c1-11-3-8-15(20(22)23)16(9-11)24-10-17(21)19-12(2)13-4-6-14(18)7-5-13/h3-9,12H,10H2,1-2H3,(H,19,21). The maximum Gasteiger partial charge on any atom is 0.310 e. The second-order valence-electron chi connectivity index (χ2n) is 5.36. The molecule has 0 bridgehead atoms. The third kappa shape index (κ3) is 4.79. The van der Waals surface area contributed by atoms with Gasteiger partial charge in [0.15, 0.2) is 12.4 Å². The van der Waals surface area contributed by atoms with Gasteiger partial charge >= 0.3 is 5.69 Å². The predicted molar refractivity (Wildman–Crippen MR) is 94.0 cm³/mol. The van der Waals surface area contributed by atoms with E-state index < -0.39 is 4.92 Å². The van der Waals surface area contributed by atoms with Crippen molar-refractivity contribution >= 4 is 27.5 Å². The number of ether oxygens (including phenoxy) is 1. The van der Waals surface area contributed by atoms with Crippen LogP contribution in [0.3, 0.4) is 0 Å². The number of carbonyl (C=O) groups excluding carboxylic acids is 1. The van der Waals surface area contributed by atoms with Gasteiger partial charge in [-0.15, -0.1) is 0 Å². The van der Waals surface area contributed by atoms with Crippen molar-refractivity contribution < 1.29 is 14.5 Å². The molecule has 0 saturated carbocycles. The predicted octanol–water partition coefficient (Wildman–Crippen LogP) is 3.92. The van der Waals surface area contributed by atoms with Crippen LogP contribution >= 0.6 is 15.9 Å². The summed E-state index contributed by atoms with van der Waals surface area (Å²) in [6.07, 6.45) is 0. The molecule has 1 N–H and O–H groups in total. The molecule has 2 aromatic carbocycles. The van der Waals surface area contributed by atoms with Gasteiger partial charge < -0.3 is 10.1 Å². The molecule has 0 aromatic heterocycles. The molecule has 2 rings (SSSR count). The van der Waals surface area contributed by atoms with Crippen molar-refractivity contribution in [3.8, 4) is 5.75 Å². The quantitative estimate of drug-likeness (QED) is 0.596. The maximum absolute atomic E-state index is 12.0. The van der Waals surface area contributed by atoms with E-state index in [0.717, 1.165) is 15.6 Å². The van der Waals surface area contributed by atoms with Crippen molar-refractivity contribution in [3.63, 3.8) is 0 Å². The monoisotopic (exact) mass is 392 g/mol. The van der Waals surface area contributed by atoms with E-state index in [2.05, 4.69) is 21.2 Å². The summed E-state index contributed by atoms with van der Waals surface area (Å²) >= 11 is 3.36. The minimum atomic E-state index is -0.531. The van der Waals surface area contributed by atoms with Crippen molar-refractivity contribution in [2.24, 2.45) is 0 Å². The maximum atomic E-state index is 12.0. The fraction of sp³-hybridized carbons (Fsp3) is 0.235. The Morgan fingerprint density at radius 3 is 2.58 bits per heavy atom. The number of nitro benzene ring substituents is 1. The Morgan fingerprint density at radius 2 is 1.96 bits per heavy atom. The summed E-state index contributed by atoms with van der Waals surface area (Å²) < 4.78 is 6.29. The van der Waals surface area contributed by atoms with Crippen molar-refractivity contribution in [1.29, 1.82) is 0 Å². The zero-order valence-electron chi connectivity index (χ0n) is 13.3. The van der Waals surface area contributed by atoms with Gasteiger partial charge in [-0.3, -0.25) is 14.9 Å². The molecule has 0 heterocycles. The molecule has 0 spiro atoms. The first-order valence-corrected chi connectivity index (χ1v) is 8.09. The molecule has 0 saturated heterocycles. The van der Waals surface area contributed by atoms with E-state index in [9.17, 15) is 14.9 Å². The van der Waals surface area contributed by atoms with Crippen LogP contribution in [0.5, 0.6) is 5.75 Å². The molecule has 2 aromatic rings. The van der Waals surface area contributed by atoms with Crippen LogP contribution in [0.15, 0.2) is 46.9 Å². The van der Waals surface area contributed by atoms with Crippen LogP contribution in [-0.4, -0.2) is 17.4 Å². The highest BCUT2D eigenvalue weighted by molar-refractivity contribution is 9.10. The van der Waals surface area contributed by atoms with Crippen molar-refractivity contribution in [3.05, 3.63) is 68.2 Å². The average molecular weight is 393 g/mol. The molecule has 0 aliphatic rings. The first-order valence-electron chi connectivity index (χ1n) is 7.29. The van der Waals surface area contributed by atoms with E-state index in [-0.39, 0.29) is 30.0 Å². The van der Waals surface area contributed by atoms with E-state index in [4.69, 9.17) is 4.74 Å². The minimum absolute atomic E-state index is 0.0893. The number of nitrogens with zero attached hydrogens (tertiary/aromatic N) is 1. The molecule has 0 aliphatic carbocycles. The van der Waals surface area contributed by atoms with E-state index in [1.807, 2.05) is 31.2 Å². The smallest absolute Gasteiger partial charge is 0.310 e. The number of halogens is 1. The molecule has 1 unspecified atom stereocenters. The molecule has 24 heavy (non-hydrogen) atoms. The summed E-state index contributed by atoms with van der Waals surface area (Å²) in [6, 6.07) is 11.9. The van der Waals surface area contributed by atoms with E-state index in [1.165, 1.54) is 6.07 Å². The molecule has 0 aliphatic heterocycles. The molecular weight excluding hydrogens is 376 g/mol. The molecule has 0 radical (unpaired) electrons. The van der Waals surface area contributed by atoms with Crippen LogP contribution in [0.25, 0.3) is 0 Å². The Balaban J connectivity index is 1.97. The summed E-state index contributed by atoms with van der Waals surface area (Å²) in [7, 11) is 0. The Labute approximate surface area is 148 Å². The summed E-state index contributed by atoms with van der Waals surface area (Å²) in [6.45, 7) is 3.37. The lowest BCUT2D eigenvalue weighted by Crippen LogP contribution is -2.31. The zero-order chi connectivity index (χ0) is 17.7.